The lowest BCUT2D eigenvalue weighted by molar-refractivity contribution is -0.122. The van der Waals surface area contributed by atoms with Gasteiger partial charge in [0, 0.05) is 5.92 Å². The van der Waals surface area contributed by atoms with E-state index in [9.17, 15) is 4.79 Å². The minimum absolute atomic E-state index is 0.168. The van der Waals surface area contributed by atoms with E-state index in [0.29, 0.717) is 11.8 Å². The van der Waals surface area contributed by atoms with Crippen molar-refractivity contribution >= 4 is 5.78 Å². The van der Waals surface area contributed by atoms with E-state index < -0.39 is 0 Å². The van der Waals surface area contributed by atoms with Gasteiger partial charge in [0.2, 0.25) is 0 Å². The molecule has 0 aliphatic heterocycles. The van der Waals surface area contributed by atoms with Gasteiger partial charge in [-0.25, -0.2) is 0 Å². The monoisotopic (exact) mass is 231 g/mol. The van der Waals surface area contributed by atoms with Crippen molar-refractivity contribution < 1.29 is 4.79 Å². The maximum Gasteiger partial charge on any atom is 0.153 e. The minimum Gasteiger partial charge on any atom is -0.321 e. The highest BCUT2D eigenvalue weighted by molar-refractivity contribution is 5.89. The standard InChI is InChI=1S/C15H21NO/c1-3-10(2)14(16)15(17)13-9-12(13)11-7-5-4-6-8-11/h4-8,10,12-14H,3,9,16H2,1-2H3. The highest BCUT2D eigenvalue weighted by Crippen LogP contribution is 2.48. The molecule has 4 unspecified atom stereocenters. The zero-order valence-electron chi connectivity index (χ0n) is 10.6. The number of Topliss-reactive ketones (excluding diaryl/α,β-unsaturated/α-hetero) is 1. The molecule has 4 atom stereocenters. The summed E-state index contributed by atoms with van der Waals surface area (Å²) in [6, 6.07) is 10.00. The van der Waals surface area contributed by atoms with E-state index in [1.54, 1.807) is 0 Å². The van der Waals surface area contributed by atoms with Crippen molar-refractivity contribution in [2.24, 2.45) is 17.6 Å². The number of nitrogens with two attached hydrogens (primary N) is 1. The lowest BCUT2D eigenvalue weighted by Gasteiger charge is -2.16. The third kappa shape index (κ3) is 2.58. The molecule has 1 aromatic carbocycles. The summed E-state index contributed by atoms with van der Waals surface area (Å²) in [5, 5.41) is 0. The second-order valence-electron chi connectivity index (χ2n) is 5.17. The lowest BCUT2D eigenvalue weighted by atomic mass is 9.93. The third-order valence-electron chi connectivity index (χ3n) is 3.97. The number of rotatable bonds is 5. The summed E-state index contributed by atoms with van der Waals surface area (Å²) in [5.74, 6) is 1.13. The predicted molar refractivity (Wildman–Crippen MR) is 69.7 cm³/mol. The molecule has 2 N–H and O–H groups in total. The summed E-state index contributed by atoms with van der Waals surface area (Å²) in [6.07, 6.45) is 1.95. The van der Waals surface area contributed by atoms with Crippen LogP contribution in [0.5, 0.6) is 0 Å². The van der Waals surface area contributed by atoms with Crippen LogP contribution in [0.25, 0.3) is 0 Å². The zero-order chi connectivity index (χ0) is 12.4. The Labute approximate surface area is 103 Å². The third-order valence-corrected chi connectivity index (χ3v) is 3.97. The molecule has 92 valence electrons. The van der Waals surface area contributed by atoms with Crippen LogP contribution in [0.2, 0.25) is 0 Å². The molecule has 2 heteroatoms. The maximum atomic E-state index is 12.2. The first-order chi connectivity index (χ1) is 8.15. The van der Waals surface area contributed by atoms with Crippen LogP contribution in [0.3, 0.4) is 0 Å². The molecule has 0 saturated heterocycles. The van der Waals surface area contributed by atoms with Gasteiger partial charge < -0.3 is 5.73 Å². The average Bonchev–Trinajstić information content (AvgIpc) is 3.17. The number of benzene rings is 1. The molecular weight excluding hydrogens is 210 g/mol. The van der Waals surface area contributed by atoms with Gasteiger partial charge in [-0.05, 0) is 23.8 Å². The van der Waals surface area contributed by atoms with Crippen molar-refractivity contribution in [2.75, 3.05) is 0 Å². The molecule has 17 heavy (non-hydrogen) atoms. The van der Waals surface area contributed by atoms with E-state index in [4.69, 9.17) is 5.73 Å². The molecule has 2 nitrogen and oxygen atoms in total. The van der Waals surface area contributed by atoms with Gasteiger partial charge in [-0.3, -0.25) is 4.79 Å². The van der Waals surface area contributed by atoms with E-state index in [0.717, 1.165) is 12.8 Å². The Morgan fingerprint density at radius 2 is 2.06 bits per heavy atom. The van der Waals surface area contributed by atoms with Gasteiger partial charge in [0.15, 0.2) is 5.78 Å². The molecule has 1 saturated carbocycles. The molecule has 0 spiro atoms. The number of carbonyl (C=O) groups is 1. The number of hydrogen-bond acceptors (Lipinski definition) is 2. The van der Waals surface area contributed by atoms with Crippen LogP contribution in [-0.4, -0.2) is 11.8 Å². The number of ketones is 1. The van der Waals surface area contributed by atoms with Crippen molar-refractivity contribution in [2.45, 2.75) is 38.6 Å². The SMILES string of the molecule is CCC(C)C(N)C(=O)C1CC1c1ccccc1. The van der Waals surface area contributed by atoms with Crippen molar-refractivity contribution in [3.05, 3.63) is 35.9 Å². The van der Waals surface area contributed by atoms with Crippen LogP contribution in [0, 0.1) is 11.8 Å². The molecule has 1 aromatic rings. The van der Waals surface area contributed by atoms with Crippen LogP contribution in [0.4, 0.5) is 0 Å². The van der Waals surface area contributed by atoms with Gasteiger partial charge in [0.05, 0.1) is 6.04 Å². The van der Waals surface area contributed by atoms with Crippen molar-refractivity contribution in [3.8, 4) is 0 Å². The first kappa shape index (κ1) is 12.3. The fourth-order valence-corrected chi connectivity index (χ4v) is 2.36. The van der Waals surface area contributed by atoms with Crippen molar-refractivity contribution in [3.63, 3.8) is 0 Å². The predicted octanol–water partition coefficient (Wildman–Crippen LogP) is 2.73. The molecular formula is C15H21NO. The smallest absolute Gasteiger partial charge is 0.153 e. The Kier molecular flexibility index (Phi) is 3.63. The molecule has 1 fully saturated rings. The molecule has 0 bridgehead atoms. The largest absolute Gasteiger partial charge is 0.321 e. The molecule has 0 amide bonds. The normalized spacial score (nSPS) is 26.3. The summed E-state index contributed by atoms with van der Waals surface area (Å²) < 4.78 is 0. The van der Waals surface area contributed by atoms with Crippen LogP contribution < -0.4 is 5.73 Å². The molecule has 1 aliphatic rings. The fourth-order valence-electron chi connectivity index (χ4n) is 2.36. The minimum atomic E-state index is -0.279. The van der Waals surface area contributed by atoms with Crippen molar-refractivity contribution in [1.82, 2.24) is 0 Å². The summed E-state index contributed by atoms with van der Waals surface area (Å²) in [5.41, 5.74) is 7.28. The Hall–Kier alpha value is -1.15. The molecule has 0 aromatic heterocycles. The molecule has 0 heterocycles. The Morgan fingerprint density at radius 3 is 2.65 bits per heavy atom. The van der Waals surface area contributed by atoms with E-state index >= 15 is 0 Å². The molecule has 0 radical (unpaired) electrons. The Bertz CT molecular complexity index is 387. The zero-order valence-corrected chi connectivity index (χ0v) is 10.6. The van der Waals surface area contributed by atoms with Gasteiger partial charge in [-0.2, -0.15) is 0 Å². The maximum absolute atomic E-state index is 12.2. The quantitative estimate of drug-likeness (QED) is 0.846. The second-order valence-corrected chi connectivity index (χ2v) is 5.17. The van der Waals surface area contributed by atoms with E-state index in [2.05, 4.69) is 26.0 Å². The summed E-state index contributed by atoms with van der Waals surface area (Å²) in [7, 11) is 0. The van der Waals surface area contributed by atoms with Gasteiger partial charge in [0.1, 0.15) is 0 Å². The summed E-state index contributed by atoms with van der Waals surface area (Å²) >= 11 is 0. The van der Waals surface area contributed by atoms with Crippen LogP contribution >= 0.6 is 0 Å². The second kappa shape index (κ2) is 5.01. The first-order valence-corrected chi connectivity index (χ1v) is 6.49. The highest BCUT2D eigenvalue weighted by Gasteiger charge is 2.45. The van der Waals surface area contributed by atoms with E-state index in [-0.39, 0.29) is 17.7 Å². The Balaban J connectivity index is 1.97. The van der Waals surface area contributed by atoms with Crippen LogP contribution in [0.15, 0.2) is 30.3 Å². The topological polar surface area (TPSA) is 43.1 Å². The van der Waals surface area contributed by atoms with Gasteiger partial charge in [0.25, 0.3) is 0 Å². The fraction of sp³-hybridized carbons (Fsp3) is 0.533. The van der Waals surface area contributed by atoms with Crippen LogP contribution in [0.1, 0.15) is 38.2 Å². The lowest BCUT2D eigenvalue weighted by Crippen LogP contribution is -2.37. The molecule has 1 aliphatic carbocycles. The van der Waals surface area contributed by atoms with Gasteiger partial charge in [-0.15, -0.1) is 0 Å². The van der Waals surface area contributed by atoms with E-state index in [1.807, 2.05) is 18.2 Å². The van der Waals surface area contributed by atoms with E-state index in [1.165, 1.54) is 5.56 Å². The highest BCUT2D eigenvalue weighted by atomic mass is 16.1. The Morgan fingerprint density at radius 1 is 1.41 bits per heavy atom. The first-order valence-electron chi connectivity index (χ1n) is 6.49. The number of hydrogen-bond donors (Lipinski definition) is 1. The van der Waals surface area contributed by atoms with Crippen molar-refractivity contribution in [1.29, 1.82) is 0 Å². The van der Waals surface area contributed by atoms with Gasteiger partial charge >= 0.3 is 0 Å². The summed E-state index contributed by atoms with van der Waals surface area (Å²) in [4.78, 5) is 12.2. The summed E-state index contributed by atoms with van der Waals surface area (Å²) in [6.45, 7) is 4.14. The molecule has 2 rings (SSSR count). The van der Waals surface area contributed by atoms with Crippen LogP contribution in [-0.2, 0) is 4.79 Å². The number of carbonyl (C=O) groups excluding carboxylic acids is 1. The average molecular weight is 231 g/mol. The van der Waals surface area contributed by atoms with Gasteiger partial charge in [-0.1, -0.05) is 50.6 Å².